The fourth-order valence-corrected chi connectivity index (χ4v) is 4.30. The molecule has 3 nitrogen and oxygen atoms in total. The van der Waals surface area contributed by atoms with Gasteiger partial charge in [0.2, 0.25) is 5.91 Å². The van der Waals surface area contributed by atoms with E-state index in [-0.39, 0.29) is 18.0 Å². The second-order valence-corrected chi connectivity index (χ2v) is 6.71. The van der Waals surface area contributed by atoms with Crippen LogP contribution in [0.1, 0.15) is 30.4 Å². The molecule has 2 aliphatic heterocycles. The molecule has 0 aliphatic carbocycles. The van der Waals surface area contributed by atoms with Crippen molar-refractivity contribution in [1.82, 2.24) is 10.2 Å². The normalized spacial score (nSPS) is 30.2. The number of fused-ring (bicyclic) bond motifs is 2. The molecule has 2 fully saturated rings. The Kier molecular flexibility index (Phi) is 3.66. The molecule has 2 saturated heterocycles. The lowest BCUT2D eigenvalue weighted by atomic mass is 9.88. The Labute approximate surface area is 137 Å². The predicted octanol–water partition coefficient (Wildman–Crippen LogP) is 2.93. The van der Waals surface area contributed by atoms with Crippen molar-refractivity contribution < 1.29 is 4.79 Å². The van der Waals surface area contributed by atoms with Crippen molar-refractivity contribution in [2.75, 3.05) is 0 Å². The lowest BCUT2D eigenvalue weighted by Gasteiger charge is -2.40. The van der Waals surface area contributed by atoms with Gasteiger partial charge in [0, 0.05) is 24.5 Å². The molecule has 0 spiro atoms. The number of rotatable bonds is 3. The van der Waals surface area contributed by atoms with Crippen LogP contribution in [-0.4, -0.2) is 28.9 Å². The summed E-state index contributed by atoms with van der Waals surface area (Å²) in [6.45, 7) is 2.98. The van der Waals surface area contributed by atoms with Gasteiger partial charge in [0.1, 0.15) is 0 Å². The summed E-state index contributed by atoms with van der Waals surface area (Å²) < 4.78 is 0. The SMILES string of the molecule is C[C@H]1NC(=O)[C@H]2C[C@@H](c3ccccc3)[C@@H]1N2Cc1ccccc1. The van der Waals surface area contributed by atoms with Crippen LogP contribution in [0.4, 0.5) is 0 Å². The van der Waals surface area contributed by atoms with Gasteiger partial charge in [-0.1, -0.05) is 60.7 Å². The third-order valence-electron chi connectivity index (χ3n) is 5.29. The number of carbonyl (C=O) groups is 1. The van der Waals surface area contributed by atoms with Gasteiger partial charge in [0.05, 0.1) is 6.04 Å². The first-order chi connectivity index (χ1) is 11.2. The Morgan fingerprint density at radius 3 is 2.39 bits per heavy atom. The van der Waals surface area contributed by atoms with E-state index in [1.807, 2.05) is 6.07 Å². The summed E-state index contributed by atoms with van der Waals surface area (Å²) in [6, 6.07) is 21.6. The number of benzene rings is 2. The zero-order chi connectivity index (χ0) is 15.8. The molecule has 0 saturated carbocycles. The molecule has 2 aliphatic rings. The van der Waals surface area contributed by atoms with Crippen LogP contribution in [0.2, 0.25) is 0 Å². The minimum Gasteiger partial charge on any atom is -0.351 e. The lowest BCUT2D eigenvalue weighted by Crippen LogP contribution is -2.60. The molecule has 0 radical (unpaired) electrons. The Balaban J connectivity index is 1.67. The molecule has 2 heterocycles. The Bertz CT molecular complexity index is 685. The first kappa shape index (κ1) is 14.5. The van der Waals surface area contributed by atoms with Gasteiger partial charge >= 0.3 is 0 Å². The highest BCUT2D eigenvalue weighted by Crippen LogP contribution is 2.42. The summed E-state index contributed by atoms with van der Waals surface area (Å²) in [6.07, 6.45) is 0.914. The number of hydrogen-bond acceptors (Lipinski definition) is 2. The van der Waals surface area contributed by atoms with Crippen LogP contribution >= 0.6 is 0 Å². The Morgan fingerprint density at radius 1 is 1.04 bits per heavy atom. The van der Waals surface area contributed by atoms with Crippen LogP contribution < -0.4 is 5.32 Å². The van der Waals surface area contributed by atoms with E-state index in [0.29, 0.717) is 12.0 Å². The van der Waals surface area contributed by atoms with E-state index < -0.39 is 0 Å². The highest BCUT2D eigenvalue weighted by molar-refractivity contribution is 5.84. The smallest absolute Gasteiger partial charge is 0.237 e. The first-order valence-corrected chi connectivity index (χ1v) is 8.39. The van der Waals surface area contributed by atoms with E-state index in [9.17, 15) is 4.79 Å². The topological polar surface area (TPSA) is 32.3 Å². The van der Waals surface area contributed by atoms with E-state index in [1.54, 1.807) is 0 Å². The highest BCUT2D eigenvalue weighted by Gasteiger charge is 2.51. The summed E-state index contributed by atoms with van der Waals surface area (Å²) in [4.78, 5) is 14.9. The molecule has 1 amide bonds. The van der Waals surface area contributed by atoms with Gasteiger partial charge in [0.15, 0.2) is 0 Å². The zero-order valence-electron chi connectivity index (χ0n) is 13.4. The quantitative estimate of drug-likeness (QED) is 0.945. The van der Waals surface area contributed by atoms with Crippen molar-refractivity contribution in [3.63, 3.8) is 0 Å². The number of hydrogen-bond donors (Lipinski definition) is 1. The van der Waals surface area contributed by atoms with Crippen molar-refractivity contribution in [3.8, 4) is 0 Å². The van der Waals surface area contributed by atoms with Gasteiger partial charge in [-0.15, -0.1) is 0 Å². The van der Waals surface area contributed by atoms with Crippen LogP contribution in [0.25, 0.3) is 0 Å². The molecule has 4 rings (SSSR count). The Morgan fingerprint density at radius 2 is 1.70 bits per heavy atom. The van der Waals surface area contributed by atoms with Crippen molar-refractivity contribution in [2.45, 2.75) is 43.9 Å². The molecule has 4 atom stereocenters. The number of carbonyl (C=O) groups excluding carboxylic acids is 1. The maximum atomic E-state index is 12.5. The van der Waals surface area contributed by atoms with E-state index in [4.69, 9.17) is 0 Å². The van der Waals surface area contributed by atoms with Crippen molar-refractivity contribution in [3.05, 3.63) is 71.8 Å². The van der Waals surface area contributed by atoms with Gasteiger partial charge < -0.3 is 5.32 Å². The second kappa shape index (κ2) is 5.82. The molecule has 23 heavy (non-hydrogen) atoms. The number of amides is 1. The third-order valence-corrected chi connectivity index (χ3v) is 5.29. The first-order valence-electron chi connectivity index (χ1n) is 8.39. The molecule has 2 bridgehead atoms. The standard InChI is InChI=1S/C20H22N2O/c1-14-19-17(16-10-6-3-7-11-16)12-18(20(23)21-14)22(19)13-15-8-4-2-5-9-15/h2-11,14,17-19H,12-13H2,1H3,(H,21,23)/t14-,17+,18-,19-/m1/s1. The average Bonchev–Trinajstić information content (AvgIpc) is 2.89. The minimum atomic E-state index is -0.0124. The summed E-state index contributed by atoms with van der Waals surface area (Å²) in [5, 5.41) is 3.18. The van der Waals surface area contributed by atoms with Gasteiger partial charge in [-0.3, -0.25) is 9.69 Å². The largest absolute Gasteiger partial charge is 0.351 e. The monoisotopic (exact) mass is 306 g/mol. The van der Waals surface area contributed by atoms with Crippen molar-refractivity contribution in [2.24, 2.45) is 0 Å². The summed E-state index contributed by atoms with van der Waals surface area (Å²) in [5.41, 5.74) is 2.62. The predicted molar refractivity (Wildman–Crippen MR) is 91.0 cm³/mol. The number of nitrogens with zero attached hydrogens (tertiary/aromatic N) is 1. The van der Waals surface area contributed by atoms with Crippen LogP contribution in [0.15, 0.2) is 60.7 Å². The molecule has 0 unspecified atom stereocenters. The number of piperazine rings is 1. The van der Waals surface area contributed by atoms with Crippen LogP contribution in [0, 0.1) is 0 Å². The fourth-order valence-electron chi connectivity index (χ4n) is 4.30. The van der Waals surface area contributed by atoms with Gasteiger partial charge in [-0.05, 0) is 24.5 Å². The molecule has 118 valence electrons. The summed E-state index contributed by atoms with van der Waals surface area (Å²) in [7, 11) is 0. The summed E-state index contributed by atoms with van der Waals surface area (Å²) >= 11 is 0. The van der Waals surface area contributed by atoms with Gasteiger partial charge in [-0.2, -0.15) is 0 Å². The minimum absolute atomic E-state index is 0.0124. The second-order valence-electron chi connectivity index (χ2n) is 6.71. The van der Waals surface area contributed by atoms with Gasteiger partial charge in [0.25, 0.3) is 0 Å². The molecular weight excluding hydrogens is 284 g/mol. The molecule has 0 aromatic heterocycles. The zero-order valence-corrected chi connectivity index (χ0v) is 13.4. The van der Waals surface area contributed by atoms with Crippen molar-refractivity contribution >= 4 is 5.91 Å². The molecule has 2 aromatic carbocycles. The van der Waals surface area contributed by atoms with E-state index in [2.05, 4.69) is 71.7 Å². The molecule has 1 N–H and O–H groups in total. The maximum Gasteiger partial charge on any atom is 0.237 e. The van der Waals surface area contributed by atoms with E-state index >= 15 is 0 Å². The Hall–Kier alpha value is -2.13. The van der Waals surface area contributed by atoms with Crippen LogP contribution in [0.5, 0.6) is 0 Å². The molecule has 2 aromatic rings. The lowest BCUT2D eigenvalue weighted by molar-refractivity contribution is -0.130. The fraction of sp³-hybridized carbons (Fsp3) is 0.350. The molecule has 3 heteroatoms. The van der Waals surface area contributed by atoms with Crippen molar-refractivity contribution in [1.29, 1.82) is 0 Å². The third kappa shape index (κ3) is 2.55. The van der Waals surface area contributed by atoms with Crippen LogP contribution in [0.3, 0.4) is 0 Å². The molecular formula is C20H22N2O. The van der Waals surface area contributed by atoms with E-state index in [0.717, 1.165) is 13.0 Å². The average molecular weight is 306 g/mol. The maximum absolute atomic E-state index is 12.5. The summed E-state index contributed by atoms with van der Waals surface area (Å²) in [5.74, 6) is 0.599. The highest BCUT2D eigenvalue weighted by atomic mass is 16.2. The van der Waals surface area contributed by atoms with Crippen LogP contribution in [-0.2, 0) is 11.3 Å². The van der Waals surface area contributed by atoms with Gasteiger partial charge in [-0.25, -0.2) is 0 Å². The number of nitrogens with one attached hydrogen (secondary N) is 1. The van der Waals surface area contributed by atoms with E-state index in [1.165, 1.54) is 11.1 Å².